The Kier molecular flexibility index (Phi) is 6.45. The minimum absolute atomic E-state index is 0.564. The molecule has 1 N–H and O–H groups in total. The average molecular weight is 684 g/mol. The van der Waals surface area contributed by atoms with Crippen LogP contribution in [-0.4, -0.2) is 11.7 Å². The van der Waals surface area contributed by atoms with Gasteiger partial charge in [0.25, 0.3) is 0 Å². The summed E-state index contributed by atoms with van der Waals surface area (Å²) in [5.74, 6) is 1.57. The number of rotatable bonds is 4. The molecule has 0 fully saturated rings. The highest BCUT2D eigenvalue weighted by Gasteiger charge is 2.28. The van der Waals surface area contributed by atoms with E-state index in [0.717, 1.165) is 66.8 Å². The molecule has 0 saturated carbocycles. The van der Waals surface area contributed by atoms with E-state index < -0.39 is 6.17 Å². The van der Waals surface area contributed by atoms with E-state index in [9.17, 15) is 0 Å². The van der Waals surface area contributed by atoms with E-state index in [1.165, 1.54) is 36.3 Å². The van der Waals surface area contributed by atoms with E-state index in [1.54, 1.807) is 0 Å². The van der Waals surface area contributed by atoms with Crippen molar-refractivity contribution in [2.45, 2.75) is 6.17 Å². The molecular formula is C47H29N3OS. The van der Waals surface area contributed by atoms with Gasteiger partial charge < -0.3 is 9.73 Å². The Morgan fingerprint density at radius 1 is 0.462 bits per heavy atom. The molecule has 0 amide bonds. The molecule has 0 bridgehead atoms. The van der Waals surface area contributed by atoms with E-state index >= 15 is 0 Å². The van der Waals surface area contributed by atoms with E-state index in [0.29, 0.717) is 0 Å². The molecule has 52 heavy (non-hydrogen) atoms. The van der Waals surface area contributed by atoms with Crippen molar-refractivity contribution in [2.24, 2.45) is 9.98 Å². The summed E-state index contributed by atoms with van der Waals surface area (Å²) in [6, 6.07) is 57.9. The molecule has 2 aromatic heterocycles. The van der Waals surface area contributed by atoms with Gasteiger partial charge in [-0.1, -0.05) is 127 Å². The van der Waals surface area contributed by atoms with Gasteiger partial charge in [-0.15, -0.1) is 11.3 Å². The predicted molar refractivity (Wildman–Crippen MR) is 219 cm³/mol. The topological polar surface area (TPSA) is 49.9 Å². The number of para-hydroxylation sites is 1. The maximum Gasteiger partial charge on any atom is 0.171 e. The summed E-state index contributed by atoms with van der Waals surface area (Å²) in [4.78, 5) is 11.0. The summed E-state index contributed by atoms with van der Waals surface area (Å²) >= 11 is 1.83. The van der Waals surface area contributed by atoms with E-state index in [1.807, 2.05) is 29.5 Å². The second-order valence-corrected chi connectivity index (χ2v) is 14.4. The quantitative estimate of drug-likeness (QED) is 0.188. The number of hydrogen-bond acceptors (Lipinski definition) is 5. The van der Waals surface area contributed by atoms with Gasteiger partial charge in [-0.05, 0) is 69.1 Å². The first-order valence-corrected chi connectivity index (χ1v) is 18.3. The van der Waals surface area contributed by atoms with Crippen molar-refractivity contribution < 1.29 is 4.42 Å². The molecule has 8 aromatic carbocycles. The first-order valence-electron chi connectivity index (χ1n) is 17.5. The molecule has 0 aliphatic carbocycles. The third-order valence-electron chi connectivity index (χ3n) is 10.3. The van der Waals surface area contributed by atoms with Gasteiger partial charge in [-0.3, -0.25) is 0 Å². The number of furan rings is 1. The highest BCUT2D eigenvalue weighted by atomic mass is 32.1. The molecule has 244 valence electrons. The van der Waals surface area contributed by atoms with Gasteiger partial charge in [0, 0.05) is 47.6 Å². The second-order valence-electron chi connectivity index (χ2n) is 13.3. The molecule has 4 nitrogen and oxygen atoms in total. The summed E-state index contributed by atoms with van der Waals surface area (Å²) in [6.07, 6.45) is -0.564. The normalized spacial score (nSPS) is 14.7. The molecule has 0 spiro atoms. The van der Waals surface area contributed by atoms with Gasteiger partial charge >= 0.3 is 0 Å². The van der Waals surface area contributed by atoms with Crippen LogP contribution in [0.5, 0.6) is 0 Å². The maximum atomic E-state index is 6.51. The van der Waals surface area contributed by atoms with Gasteiger partial charge in [-0.2, -0.15) is 0 Å². The molecule has 3 heterocycles. The van der Waals surface area contributed by atoms with E-state index in [2.05, 4.69) is 151 Å². The number of amidine groups is 2. The first-order chi connectivity index (χ1) is 25.8. The Hall–Kier alpha value is -6.56. The van der Waals surface area contributed by atoms with Crippen molar-refractivity contribution in [2.75, 3.05) is 0 Å². The third-order valence-corrected chi connectivity index (χ3v) is 11.5. The van der Waals surface area contributed by atoms with Crippen LogP contribution in [0.1, 0.15) is 22.9 Å². The van der Waals surface area contributed by atoms with Crippen LogP contribution < -0.4 is 5.32 Å². The van der Waals surface area contributed by atoms with Crippen LogP contribution in [0.15, 0.2) is 178 Å². The summed E-state index contributed by atoms with van der Waals surface area (Å²) < 4.78 is 9.07. The fraction of sp³-hybridized carbons (Fsp3) is 0.0213. The summed E-state index contributed by atoms with van der Waals surface area (Å²) in [5, 5.41) is 13.0. The molecule has 11 rings (SSSR count). The largest absolute Gasteiger partial charge is 0.456 e. The lowest BCUT2D eigenvalue weighted by atomic mass is 9.92. The smallest absolute Gasteiger partial charge is 0.171 e. The first kappa shape index (κ1) is 29.2. The summed E-state index contributed by atoms with van der Waals surface area (Å²) in [5.41, 5.74) is 6.96. The van der Waals surface area contributed by atoms with Gasteiger partial charge in [-0.25, -0.2) is 9.98 Å². The van der Waals surface area contributed by atoms with Crippen molar-refractivity contribution in [3.63, 3.8) is 0 Å². The van der Waals surface area contributed by atoms with Crippen molar-refractivity contribution in [1.82, 2.24) is 5.32 Å². The van der Waals surface area contributed by atoms with Crippen LogP contribution in [-0.2, 0) is 0 Å². The van der Waals surface area contributed by atoms with Gasteiger partial charge in [0.2, 0.25) is 0 Å². The minimum Gasteiger partial charge on any atom is -0.456 e. The third kappa shape index (κ3) is 4.53. The van der Waals surface area contributed by atoms with E-state index in [4.69, 9.17) is 14.4 Å². The van der Waals surface area contributed by atoms with Crippen molar-refractivity contribution >= 4 is 86.7 Å². The molecule has 1 aliphatic rings. The Morgan fingerprint density at radius 2 is 1.15 bits per heavy atom. The highest BCUT2D eigenvalue weighted by molar-refractivity contribution is 7.25. The molecule has 1 atom stereocenters. The molecular weight excluding hydrogens is 655 g/mol. The fourth-order valence-electron chi connectivity index (χ4n) is 7.97. The number of nitrogens with zero attached hydrogens (tertiary/aromatic N) is 2. The lowest BCUT2D eigenvalue weighted by Gasteiger charge is -2.25. The number of hydrogen-bond donors (Lipinski definition) is 1. The summed E-state index contributed by atoms with van der Waals surface area (Å²) in [7, 11) is 0. The standard InChI is InChI=1S/C47H29N3OS/c1-2-12-28(13-3-1)45-48-46(38-27-29-14-4-5-15-31(29)33-16-6-7-17-34(33)38)50-47(49-45)44-32(23-24-40-43(44)36-19-8-10-20-39(36)51-40)30-22-25-42-37(26-30)35-18-9-11-21-41(35)52-42/h1-27,47H,(H,48,49,50). The Bertz CT molecular complexity index is 3120. The number of nitrogens with one attached hydrogen (secondary N) is 1. The van der Waals surface area contributed by atoms with Gasteiger partial charge in [0.1, 0.15) is 22.8 Å². The predicted octanol–water partition coefficient (Wildman–Crippen LogP) is 12.4. The van der Waals surface area contributed by atoms with Crippen LogP contribution in [0, 0.1) is 0 Å². The van der Waals surface area contributed by atoms with Gasteiger partial charge in [0.05, 0.1) is 0 Å². The van der Waals surface area contributed by atoms with Crippen molar-refractivity contribution in [3.05, 3.63) is 180 Å². The molecule has 5 heteroatoms. The molecule has 1 aliphatic heterocycles. The second kappa shape index (κ2) is 11.5. The molecule has 10 aromatic rings. The lowest BCUT2D eigenvalue weighted by Crippen LogP contribution is -2.36. The average Bonchev–Trinajstić information content (AvgIpc) is 3.78. The van der Waals surface area contributed by atoms with Crippen LogP contribution in [0.4, 0.5) is 0 Å². The fourth-order valence-corrected chi connectivity index (χ4v) is 9.05. The Labute approximate surface area is 303 Å². The monoisotopic (exact) mass is 683 g/mol. The molecule has 0 radical (unpaired) electrons. The van der Waals surface area contributed by atoms with Crippen molar-refractivity contribution in [1.29, 1.82) is 0 Å². The maximum absolute atomic E-state index is 6.51. The van der Waals surface area contributed by atoms with Gasteiger partial charge in [0.15, 0.2) is 6.17 Å². The van der Waals surface area contributed by atoms with Crippen LogP contribution in [0.2, 0.25) is 0 Å². The number of fused-ring (bicyclic) bond motifs is 9. The number of aliphatic imine (C=N–C) groups is 2. The number of benzene rings is 8. The van der Waals surface area contributed by atoms with E-state index in [-0.39, 0.29) is 0 Å². The van der Waals surface area contributed by atoms with Crippen molar-refractivity contribution in [3.8, 4) is 11.1 Å². The summed E-state index contributed by atoms with van der Waals surface area (Å²) in [6.45, 7) is 0. The SMILES string of the molecule is c1ccc(C2=NC(c3c(-c4ccc5sc6ccccc6c5c4)ccc4oc5ccccc5c34)N=C(c3cc4ccccc4c4ccccc34)N2)cc1. The van der Waals surface area contributed by atoms with Crippen LogP contribution in [0.25, 0.3) is 74.8 Å². The zero-order chi connectivity index (χ0) is 34.2. The van der Waals surface area contributed by atoms with Crippen LogP contribution in [0.3, 0.4) is 0 Å². The Morgan fingerprint density at radius 3 is 2.04 bits per heavy atom. The van der Waals surface area contributed by atoms with Crippen LogP contribution >= 0.6 is 11.3 Å². The highest BCUT2D eigenvalue weighted by Crippen LogP contribution is 2.44. The Balaban J connectivity index is 1.22. The zero-order valence-corrected chi connectivity index (χ0v) is 28.7. The molecule has 0 saturated heterocycles. The zero-order valence-electron chi connectivity index (χ0n) is 27.9. The lowest BCUT2D eigenvalue weighted by molar-refractivity contribution is 0.667. The number of thiophene rings is 1. The molecule has 1 unspecified atom stereocenters. The minimum atomic E-state index is -0.564.